The third-order valence-electron chi connectivity index (χ3n) is 2.79. The Hall–Kier alpha value is -0.580. The highest BCUT2D eigenvalue weighted by atomic mass is 35.5. The monoisotopic (exact) mass is 367 g/mol. The van der Waals surface area contributed by atoms with E-state index in [2.05, 4.69) is 5.32 Å². The molecular weight excluding hydrogens is 348 g/mol. The van der Waals surface area contributed by atoms with Crippen LogP contribution in [0.5, 0.6) is 0 Å². The van der Waals surface area contributed by atoms with Crippen LogP contribution >= 0.6 is 30.8 Å². The van der Waals surface area contributed by atoms with Crippen LogP contribution in [0.1, 0.15) is 29.8 Å². The summed E-state index contributed by atoms with van der Waals surface area (Å²) in [5.74, 6) is -1.60. The molecule has 124 valence electrons. The molecule has 0 saturated carbocycles. The molecule has 5 nitrogen and oxygen atoms in total. The Labute approximate surface area is 140 Å². The van der Waals surface area contributed by atoms with Gasteiger partial charge < -0.3 is 14.4 Å². The predicted molar refractivity (Wildman–Crippen MR) is 88.8 cm³/mol. The standard InChI is InChI=1S/C14H20Cl2NO4P/c1-4-20-22(19,21-5-2)14(12(15)16)17-13(18)11-8-6-10(3)7-9-11/h6-9,12,14H,4-5H2,1-3H3,(H,17,18). The smallest absolute Gasteiger partial charge is 0.336 e. The number of aryl methyl sites for hydroxylation is 1. The van der Waals surface area contributed by atoms with Crippen molar-refractivity contribution in [3.8, 4) is 0 Å². The molecule has 1 atom stereocenters. The van der Waals surface area contributed by atoms with E-state index in [0.29, 0.717) is 5.56 Å². The third kappa shape index (κ3) is 5.25. The predicted octanol–water partition coefficient (Wildman–Crippen LogP) is 4.12. The first-order chi connectivity index (χ1) is 10.3. The highest BCUT2D eigenvalue weighted by Crippen LogP contribution is 2.54. The molecule has 0 heterocycles. The molecular formula is C14H20Cl2NO4P. The molecule has 0 aliphatic carbocycles. The number of halogens is 2. The van der Waals surface area contributed by atoms with E-state index in [1.807, 2.05) is 6.92 Å². The zero-order chi connectivity index (χ0) is 16.8. The van der Waals surface area contributed by atoms with Crippen molar-refractivity contribution in [1.29, 1.82) is 0 Å². The van der Waals surface area contributed by atoms with E-state index in [9.17, 15) is 9.36 Å². The first kappa shape index (κ1) is 19.5. The van der Waals surface area contributed by atoms with Crippen LogP contribution in [-0.2, 0) is 13.6 Å². The van der Waals surface area contributed by atoms with Crippen LogP contribution in [0.15, 0.2) is 24.3 Å². The Kier molecular flexibility index (Phi) is 7.87. The van der Waals surface area contributed by atoms with Gasteiger partial charge in [-0.25, -0.2) is 0 Å². The summed E-state index contributed by atoms with van der Waals surface area (Å²) in [7, 11) is -3.67. The van der Waals surface area contributed by atoms with Gasteiger partial charge in [-0.15, -0.1) is 23.2 Å². The van der Waals surface area contributed by atoms with E-state index < -0.39 is 24.1 Å². The van der Waals surface area contributed by atoms with Crippen molar-refractivity contribution >= 4 is 36.7 Å². The number of carbonyl (C=O) groups is 1. The molecule has 0 saturated heterocycles. The lowest BCUT2D eigenvalue weighted by Crippen LogP contribution is -2.40. The second-order valence-electron chi connectivity index (χ2n) is 4.49. The van der Waals surface area contributed by atoms with Crippen molar-refractivity contribution in [1.82, 2.24) is 5.32 Å². The molecule has 1 aromatic carbocycles. The number of hydrogen-bond donors (Lipinski definition) is 1. The maximum atomic E-state index is 12.7. The molecule has 1 amide bonds. The quantitative estimate of drug-likeness (QED) is 0.554. The number of nitrogens with one attached hydrogen (secondary N) is 1. The number of amides is 1. The molecule has 0 bridgehead atoms. The minimum absolute atomic E-state index is 0.147. The van der Waals surface area contributed by atoms with Crippen LogP contribution < -0.4 is 5.32 Å². The second kappa shape index (κ2) is 8.90. The molecule has 0 radical (unpaired) electrons. The van der Waals surface area contributed by atoms with Gasteiger partial charge in [0.1, 0.15) is 4.84 Å². The number of alkyl halides is 2. The Morgan fingerprint density at radius 1 is 1.18 bits per heavy atom. The van der Waals surface area contributed by atoms with Gasteiger partial charge in [-0.05, 0) is 32.9 Å². The fourth-order valence-corrected chi connectivity index (χ4v) is 4.38. The van der Waals surface area contributed by atoms with Gasteiger partial charge >= 0.3 is 7.60 Å². The highest BCUT2D eigenvalue weighted by molar-refractivity contribution is 7.55. The molecule has 1 unspecified atom stereocenters. The average Bonchev–Trinajstić information content (AvgIpc) is 2.45. The van der Waals surface area contributed by atoms with E-state index in [1.165, 1.54) is 0 Å². The summed E-state index contributed by atoms with van der Waals surface area (Å²) in [5.41, 5.74) is 1.43. The Balaban J connectivity index is 2.98. The van der Waals surface area contributed by atoms with Crippen molar-refractivity contribution in [2.75, 3.05) is 13.2 Å². The molecule has 0 aliphatic heterocycles. The maximum absolute atomic E-state index is 12.7. The molecule has 0 aromatic heterocycles. The van der Waals surface area contributed by atoms with Gasteiger partial charge in [0.2, 0.25) is 0 Å². The zero-order valence-electron chi connectivity index (χ0n) is 12.7. The molecule has 8 heteroatoms. The van der Waals surface area contributed by atoms with Crippen molar-refractivity contribution in [3.05, 3.63) is 35.4 Å². The fourth-order valence-electron chi connectivity index (χ4n) is 1.76. The highest BCUT2D eigenvalue weighted by Gasteiger charge is 2.41. The maximum Gasteiger partial charge on any atom is 0.355 e. The number of hydrogen-bond acceptors (Lipinski definition) is 4. The Bertz CT molecular complexity index is 526. The van der Waals surface area contributed by atoms with Crippen molar-refractivity contribution in [3.63, 3.8) is 0 Å². The van der Waals surface area contributed by atoms with Crippen molar-refractivity contribution in [2.45, 2.75) is 31.4 Å². The summed E-state index contributed by atoms with van der Waals surface area (Å²) in [6.07, 6.45) is 0. The van der Waals surface area contributed by atoms with Gasteiger partial charge in [0, 0.05) is 5.56 Å². The molecule has 1 aromatic rings. The van der Waals surface area contributed by atoms with Gasteiger partial charge in [0.05, 0.1) is 13.2 Å². The lowest BCUT2D eigenvalue weighted by molar-refractivity contribution is 0.0939. The van der Waals surface area contributed by atoms with Gasteiger partial charge in [-0.3, -0.25) is 9.36 Å². The Morgan fingerprint density at radius 2 is 1.68 bits per heavy atom. The summed E-state index contributed by atoms with van der Waals surface area (Å²) >= 11 is 11.7. The lowest BCUT2D eigenvalue weighted by atomic mass is 10.1. The lowest BCUT2D eigenvalue weighted by Gasteiger charge is -2.27. The first-order valence-corrected chi connectivity index (χ1v) is 9.37. The second-order valence-corrected chi connectivity index (χ2v) is 7.81. The summed E-state index contributed by atoms with van der Waals surface area (Å²) in [5, 5.41) is 2.55. The van der Waals surface area contributed by atoms with Crippen LogP contribution in [0, 0.1) is 6.92 Å². The molecule has 0 spiro atoms. The van der Waals surface area contributed by atoms with Gasteiger partial charge in [0.25, 0.3) is 5.91 Å². The minimum atomic E-state index is -3.67. The van der Waals surface area contributed by atoms with Crippen LogP contribution in [0.4, 0.5) is 0 Å². The third-order valence-corrected chi connectivity index (χ3v) is 5.99. The molecule has 0 fully saturated rings. The van der Waals surface area contributed by atoms with E-state index in [1.54, 1.807) is 38.1 Å². The summed E-state index contributed by atoms with van der Waals surface area (Å²) in [6.45, 7) is 5.55. The summed E-state index contributed by atoms with van der Waals surface area (Å²) < 4.78 is 23.1. The molecule has 1 N–H and O–H groups in total. The molecule has 22 heavy (non-hydrogen) atoms. The summed E-state index contributed by atoms with van der Waals surface area (Å²) in [4.78, 5) is 11.1. The van der Waals surface area contributed by atoms with E-state index in [-0.39, 0.29) is 13.2 Å². The van der Waals surface area contributed by atoms with E-state index in [0.717, 1.165) is 5.56 Å². The van der Waals surface area contributed by atoms with Crippen LogP contribution in [0.3, 0.4) is 0 Å². The number of rotatable bonds is 8. The van der Waals surface area contributed by atoms with Crippen molar-refractivity contribution < 1.29 is 18.4 Å². The van der Waals surface area contributed by atoms with E-state index in [4.69, 9.17) is 32.2 Å². The van der Waals surface area contributed by atoms with Gasteiger partial charge in [-0.1, -0.05) is 17.7 Å². The molecule has 0 aliphatic rings. The number of benzene rings is 1. The summed E-state index contributed by atoms with van der Waals surface area (Å²) in [6, 6.07) is 6.91. The van der Waals surface area contributed by atoms with Crippen molar-refractivity contribution in [2.24, 2.45) is 0 Å². The normalized spacial score (nSPS) is 13.2. The minimum Gasteiger partial charge on any atom is -0.336 e. The van der Waals surface area contributed by atoms with E-state index >= 15 is 0 Å². The fraction of sp³-hybridized carbons (Fsp3) is 0.500. The first-order valence-electron chi connectivity index (χ1n) is 6.88. The van der Waals surface area contributed by atoms with Crippen LogP contribution in [0.2, 0.25) is 0 Å². The Morgan fingerprint density at radius 3 is 2.09 bits per heavy atom. The van der Waals surface area contributed by atoms with Crippen LogP contribution in [-0.4, -0.2) is 29.7 Å². The van der Waals surface area contributed by atoms with Gasteiger partial charge in [-0.2, -0.15) is 0 Å². The topological polar surface area (TPSA) is 64.6 Å². The van der Waals surface area contributed by atoms with Crippen LogP contribution in [0.25, 0.3) is 0 Å². The molecule has 1 rings (SSSR count). The zero-order valence-corrected chi connectivity index (χ0v) is 15.1. The average molecular weight is 368 g/mol. The number of carbonyl (C=O) groups excluding carboxylic acids is 1. The van der Waals surface area contributed by atoms with Gasteiger partial charge in [0.15, 0.2) is 5.78 Å². The largest absolute Gasteiger partial charge is 0.355 e. The SMILES string of the molecule is CCOP(=O)(OCC)C(NC(=O)c1ccc(C)cc1)C(Cl)Cl.